The normalized spacial score (nSPS) is 21.5. The van der Waals surface area contributed by atoms with Gasteiger partial charge in [0.05, 0.1) is 5.60 Å². The van der Waals surface area contributed by atoms with Crippen molar-refractivity contribution in [2.75, 3.05) is 19.7 Å². The molecule has 0 aromatic heterocycles. The van der Waals surface area contributed by atoms with Gasteiger partial charge in [-0.05, 0) is 52.3 Å². The lowest BCUT2D eigenvalue weighted by atomic mass is 9.96. The van der Waals surface area contributed by atoms with Gasteiger partial charge < -0.3 is 14.9 Å². The topological polar surface area (TPSA) is 52.9 Å². The number of aliphatic hydroxyl groups excluding tert-OH is 1. The van der Waals surface area contributed by atoms with Crippen LogP contribution in [0.25, 0.3) is 0 Å². The second-order valence-electron chi connectivity index (χ2n) is 6.58. The average molecular weight is 293 g/mol. The Balaban J connectivity index is 1.81. The van der Waals surface area contributed by atoms with E-state index in [4.69, 9.17) is 4.74 Å². The summed E-state index contributed by atoms with van der Waals surface area (Å²) >= 11 is 0. The fourth-order valence-electron chi connectivity index (χ4n) is 3.00. The number of likely N-dealkylation sites (tertiary alicyclic amines) is 1. The minimum Gasteiger partial charge on any atom is -0.491 e. The van der Waals surface area contributed by atoms with Crippen LogP contribution in [-0.2, 0) is 0 Å². The summed E-state index contributed by atoms with van der Waals surface area (Å²) < 4.78 is 5.61. The lowest BCUT2D eigenvalue weighted by Crippen LogP contribution is -2.48. The molecule has 21 heavy (non-hydrogen) atoms. The maximum absolute atomic E-state index is 10.2. The molecule has 118 valence electrons. The highest BCUT2D eigenvalue weighted by Gasteiger charge is 2.36. The van der Waals surface area contributed by atoms with Crippen molar-refractivity contribution >= 4 is 0 Å². The molecule has 0 spiro atoms. The molecule has 0 aliphatic carbocycles. The first-order chi connectivity index (χ1) is 9.86. The third-order valence-electron chi connectivity index (χ3n) is 4.09. The number of nitrogens with zero attached hydrogens (tertiary/aromatic N) is 1. The molecule has 2 atom stereocenters. The number of hydrogen-bond donors (Lipinski definition) is 2. The molecule has 0 radical (unpaired) electrons. The molecule has 1 aromatic carbocycles. The quantitative estimate of drug-likeness (QED) is 0.842. The van der Waals surface area contributed by atoms with Crippen LogP contribution in [0.5, 0.6) is 5.75 Å². The summed E-state index contributed by atoms with van der Waals surface area (Å²) in [6.45, 7) is 7.45. The molecule has 2 unspecified atom stereocenters. The van der Waals surface area contributed by atoms with Gasteiger partial charge in [0.1, 0.15) is 18.5 Å². The van der Waals surface area contributed by atoms with E-state index in [2.05, 4.69) is 4.90 Å². The summed E-state index contributed by atoms with van der Waals surface area (Å²) in [6.07, 6.45) is 1.50. The molecule has 0 bridgehead atoms. The third-order valence-corrected chi connectivity index (χ3v) is 4.09. The van der Waals surface area contributed by atoms with E-state index in [0.29, 0.717) is 6.54 Å². The summed E-state index contributed by atoms with van der Waals surface area (Å²) in [5.41, 5.74) is 0.460. The highest BCUT2D eigenvalue weighted by molar-refractivity contribution is 5.26. The first kappa shape index (κ1) is 16.3. The van der Waals surface area contributed by atoms with E-state index in [-0.39, 0.29) is 12.6 Å². The summed E-state index contributed by atoms with van der Waals surface area (Å²) in [6, 6.07) is 7.93. The van der Waals surface area contributed by atoms with Crippen LogP contribution >= 0.6 is 0 Å². The summed E-state index contributed by atoms with van der Waals surface area (Å²) in [5, 5.41) is 20.3. The number of ether oxygens (including phenoxy) is 1. The van der Waals surface area contributed by atoms with Gasteiger partial charge in [-0.2, -0.15) is 0 Å². The van der Waals surface area contributed by atoms with Crippen LogP contribution in [0.1, 0.15) is 32.3 Å². The zero-order valence-corrected chi connectivity index (χ0v) is 13.2. The van der Waals surface area contributed by atoms with Gasteiger partial charge in [0.2, 0.25) is 0 Å². The number of aryl methyl sites for hydroxylation is 1. The molecule has 1 saturated heterocycles. The maximum Gasteiger partial charge on any atom is 0.119 e. The zero-order valence-electron chi connectivity index (χ0n) is 13.2. The van der Waals surface area contributed by atoms with E-state index in [1.54, 1.807) is 0 Å². The van der Waals surface area contributed by atoms with Crippen LogP contribution < -0.4 is 4.74 Å². The van der Waals surface area contributed by atoms with Gasteiger partial charge in [0.25, 0.3) is 0 Å². The zero-order chi connectivity index (χ0) is 15.5. The minimum atomic E-state index is -0.728. The van der Waals surface area contributed by atoms with Crippen molar-refractivity contribution in [2.45, 2.75) is 51.4 Å². The number of β-amino-alcohol motifs (C(OH)–C–C–N with tert-alkyl or cyclic N) is 1. The summed E-state index contributed by atoms with van der Waals surface area (Å²) in [5.74, 6) is 0.778. The number of benzene rings is 1. The molecule has 0 saturated carbocycles. The SMILES string of the molecule is Cc1ccc(OCC(O)CN2CCCC2C(C)(C)O)cc1. The standard InChI is InChI=1S/C17H27NO3/c1-13-6-8-15(9-7-13)21-12-14(19)11-18-10-4-5-16(18)17(2,3)20/h6-9,14,16,19-20H,4-5,10-12H2,1-3H3. The van der Waals surface area contributed by atoms with E-state index in [0.717, 1.165) is 25.1 Å². The molecule has 2 rings (SSSR count). The molecular formula is C17H27NO3. The van der Waals surface area contributed by atoms with E-state index in [1.807, 2.05) is 45.0 Å². The molecule has 1 heterocycles. The Hall–Kier alpha value is -1.10. The molecule has 4 nitrogen and oxygen atoms in total. The highest BCUT2D eigenvalue weighted by atomic mass is 16.5. The van der Waals surface area contributed by atoms with Gasteiger partial charge in [-0.15, -0.1) is 0 Å². The van der Waals surface area contributed by atoms with Crippen molar-refractivity contribution in [3.8, 4) is 5.75 Å². The van der Waals surface area contributed by atoms with Gasteiger partial charge in [0, 0.05) is 12.6 Å². The number of hydrogen-bond acceptors (Lipinski definition) is 4. The lowest BCUT2D eigenvalue weighted by molar-refractivity contribution is -0.0210. The smallest absolute Gasteiger partial charge is 0.119 e. The van der Waals surface area contributed by atoms with Gasteiger partial charge in [-0.1, -0.05) is 17.7 Å². The number of aliphatic hydroxyl groups is 2. The van der Waals surface area contributed by atoms with E-state index in [1.165, 1.54) is 5.56 Å². The van der Waals surface area contributed by atoms with Crippen molar-refractivity contribution in [2.24, 2.45) is 0 Å². The molecule has 1 aliphatic heterocycles. The predicted octanol–water partition coefficient (Wildman–Crippen LogP) is 1.97. The Kier molecular flexibility index (Phi) is 5.25. The first-order valence-corrected chi connectivity index (χ1v) is 7.70. The van der Waals surface area contributed by atoms with E-state index < -0.39 is 11.7 Å². The van der Waals surface area contributed by atoms with Crippen LogP contribution in [-0.4, -0.2) is 52.6 Å². The van der Waals surface area contributed by atoms with Gasteiger partial charge in [-0.25, -0.2) is 0 Å². The molecule has 1 fully saturated rings. The Morgan fingerprint density at radius 3 is 2.62 bits per heavy atom. The highest BCUT2D eigenvalue weighted by Crippen LogP contribution is 2.26. The molecular weight excluding hydrogens is 266 g/mol. The van der Waals surface area contributed by atoms with Crippen LogP contribution in [0.3, 0.4) is 0 Å². The Morgan fingerprint density at radius 1 is 1.33 bits per heavy atom. The van der Waals surface area contributed by atoms with Crippen LogP contribution in [0.2, 0.25) is 0 Å². The van der Waals surface area contributed by atoms with Gasteiger partial charge in [0.15, 0.2) is 0 Å². The van der Waals surface area contributed by atoms with E-state index >= 15 is 0 Å². The van der Waals surface area contributed by atoms with Crippen LogP contribution in [0, 0.1) is 6.92 Å². The summed E-state index contributed by atoms with van der Waals surface area (Å²) in [7, 11) is 0. The van der Waals surface area contributed by atoms with Crippen molar-refractivity contribution in [1.29, 1.82) is 0 Å². The van der Waals surface area contributed by atoms with Crippen molar-refractivity contribution < 1.29 is 14.9 Å². The maximum atomic E-state index is 10.2. The van der Waals surface area contributed by atoms with Crippen LogP contribution in [0.4, 0.5) is 0 Å². The Morgan fingerprint density at radius 2 is 2.00 bits per heavy atom. The van der Waals surface area contributed by atoms with Gasteiger partial charge >= 0.3 is 0 Å². The Bertz CT molecular complexity index is 438. The monoisotopic (exact) mass is 293 g/mol. The third kappa shape index (κ3) is 4.70. The fourth-order valence-corrected chi connectivity index (χ4v) is 3.00. The largest absolute Gasteiger partial charge is 0.491 e. The summed E-state index contributed by atoms with van der Waals surface area (Å²) in [4.78, 5) is 2.17. The number of rotatable bonds is 6. The first-order valence-electron chi connectivity index (χ1n) is 7.70. The van der Waals surface area contributed by atoms with Gasteiger partial charge in [-0.3, -0.25) is 4.90 Å². The van der Waals surface area contributed by atoms with Crippen molar-refractivity contribution in [1.82, 2.24) is 4.90 Å². The molecule has 1 aromatic rings. The molecule has 2 N–H and O–H groups in total. The van der Waals surface area contributed by atoms with Crippen LogP contribution in [0.15, 0.2) is 24.3 Å². The fraction of sp³-hybridized carbons (Fsp3) is 0.647. The second-order valence-corrected chi connectivity index (χ2v) is 6.58. The average Bonchev–Trinajstić information content (AvgIpc) is 2.86. The van der Waals surface area contributed by atoms with E-state index in [9.17, 15) is 10.2 Å². The van der Waals surface area contributed by atoms with Crippen molar-refractivity contribution in [3.63, 3.8) is 0 Å². The molecule has 4 heteroatoms. The lowest BCUT2D eigenvalue weighted by Gasteiger charge is -2.34. The molecule has 0 amide bonds. The predicted molar refractivity (Wildman–Crippen MR) is 83.6 cm³/mol. The van der Waals surface area contributed by atoms with Crippen molar-refractivity contribution in [3.05, 3.63) is 29.8 Å². The minimum absolute atomic E-state index is 0.117. The molecule has 1 aliphatic rings. The Labute approximate surface area is 127 Å². The second kappa shape index (κ2) is 6.77.